The van der Waals surface area contributed by atoms with Crippen LogP contribution in [0.4, 0.5) is 17.6 Å². The second kappa shape index (κ2) is 8.91. The SMILES string of the molecule is O=S(=O)(CC1CC1)NCc1cc2c(cc1F)CC(N1CCC1)C2Cc1cccc(C(F)(F)F)c1. The Morgan fingerprint density at radius 2 is 1.85 bits per heavy atom. The lowest BCUT2D eigenvalue weighted by molar-refractivity contribution is -0.137. The van der Waals surface area contributed by atoms with Crippen LogP contribution in [0.15, 0.2) is 36.4 Å². The number of rotatable bonds is 8. The minimum absolute atomic E-state index is 0.0643. The van der Waals surface area contributed by atoms with Crippen LogP contribution in [0.2, 0.25) is 0 Å². The number of fused-ring (bicyclic) bond motifs is 1. The van der Waals surface area contributed by atoms with Crippen molar-refractivity contribution in [3.05, 3.63) is 70.0 Å². The zero-order valence-corrected chi connectivity index (χ0v) is 19.6. The number of nitrogens with zero attached hydrogens (tertiary/aromatic N) is 1. The van der Waals surface area contributed by atoms with Gasteiger partial charge in [-0.3, -0.25) is 4.90 Å². The lowest BCUT2D eigenvalue weighted by atomic mass is 9.88. The predicted molar refractivity (Wildman–Crippen MR) is 121 cm³/mol. The Bertz CT molecular complexity index is 1170. The topological polar surface area (TPSA) is 49.4 Å². The molecule has 1 saturated heterocycles. The van der Waals surface area contributed by atoms with Crippen molar-refractivity contribution >= 4 is 10.0 Å². The molecule has 0 bridgehead atoms. The summed E-state index contributed by atoms with van der Waals surface area (Å²) in [7, 11) is -3.48. The summed E-state index contributed by atoms with van der Waals surface area (Å²) in [6.45, 7) is 1.72. The number of hydrogen-bond donors (Lipinski definition) is 1. The highest BCUT2D eigenvalue weighted by Gasteiger charge is 2.39. The lowest BCUT2D eigenvalue weighted by Gasteiger charge is -2.39. The molecule has 0 aromatic heterocycles. The van der Waals surface area contributed by atoms with Gasteiger partial charge in [-0.15, -0.1) is 0 Å². The second-order valence-electron chi connectivity index (χ2n) is 9.86. The predicted octanol–water partition coefficient (Wildman–Crippen LogP) is 4.63. The zero-order chi connectivity index (χ0) is 24.1. The molecule has 9 heteroatoms. The average molecular weight is 497 g/mol. The smallest absolute Gasteiger partial charge is 0.299 e. The van der Waals surface area contributed by atoms with Crippen LogP contribution >= 0.6 is 0 Å². The van der Waals surface area contributed by atoms with Gasteiger partial charge in [0.05, 0.1) is 11.3 Å². The van der Waals surface area contributed by atoms with Crippen molar-refractivity contribution in [1.29, 1.82) is 0 Å². The normalized spacial score (nSPS) is 23.1. The molecule has 5 rings (SSSR count). The molecule has 184 valence electrons. The quantitative estimate of drug-likeness (QED) is 0.543. The summed E-state index contributed by atoms with van der Waals surface area (Å²) in [5, 5.41) is 0. The van der Waals surface area contributed by atoms with Gasteiger partial charge in [-0.2, -0.15) is 13.2 Å². The van der Waals surface area contributed by atoms with Gasteiger partial charge in [-0.1, -0.05) is 24.3 Å². The minimum atomic E-state index is -4.41. The fourth-order valence-electron chi connectivity index (χ4n) is 5.18. The van der Waals surface area contributed by atoms with Crippen molar-refractivity contribution in [2.24, 2.45) is 5.92 Å². The first-order valence-corrected chi connectivity index (χ1v) is 13.4. The summed E-state index contributed by atoms with van der Waals surface area (Å²) in [5.74, 6) is -0.276. The second-order valence-corrected chi connectivity index (χ2v) is 11.7. The molecule has 2 atom stereocenters. The Balaban J connectivity index is 1.41. The van der Waals surface area contributed by atoms with Crippen molar-refractivity contribution in [1.82, 2.24) is 9.62 Å². The molecular weight excluding hydrogens is 468 g/mol. The first-order chi connectivity index (χ1) is 16.1. The fourth-order valence-corrected chi connectivity index (χ4v) is 6.63. The highest BCUT2D eigenvalue weighted by molar-refractivity contribution is 7.89. The van der Waals surface area contributed by atoms with Crippen LogP contribution in [-0.4, -0.2) is 38.2 Å². The monoisotopic (exact) mass is 496 g/mol. The lowest BCUT2D eigenvalue weighted by Crippen LogP contribution is -2.47. The Morgan fingerprint density at radius 1 is 1.09 bits per heavy atom. The maximum Gasteiger partial charge on any atom is 0.416 e. The van der Waals surface area contributed by atoms with Crippen LogP contribution in [-0.2, 0) is 35.6 Å². The Kier molecular flexibility index (Phi) is 6.23. The number of benzene rings is 2. The maximum atomic E-state index is 14.9. The standard InChI is InChI=1S/C25H28F4N2O2S/c26-23-12-18-13-24(31-7-2-8-31)22(10-17-3-1-4-20(9-17)25(27,28)29)21(18)11-19(23)14-30-34(32,33)15-16-5-6-16/h1,3-4,9,11-12,16,22,24,30H,2,5-8,10,13-15H2. The van der Waals surface area contributed by atoms with Crippen molar-refractivity contribution < 1.29 is 26.0 Å². The number of likely N-dealkylation sites (tertiary alicyclic amines) is 1. The van der Waals surface area contributed by atoms with Gasteiger partial charge >= 0.3 is 6.18 Å². The largest absolute Gasteiger partial charge is 0.416 e. The van der Waals surface area contributed by atoms with Crippen molar-refractivity contribution in [3.63, 3.8) is 0 Å². The first-order valence-electron chi connectivity index (χ1n) is 11.8. The fraction of sp³-hybridized carbons (Fsp3) is 0.520. The molecule has 3 aliphatic rings. The number of sulfonamides is 1. The molecule has 0 spiro atoms. The number of nitrogens with one attached hydrogen (secondary N) is 1. The Labute approximate surface area is 197 Å². The molecule has 1 saturated carbocycles. The van der Waals surface area contributed by atoms with Gasteiger partial charge in [0, 0.05) is 24.1 Å². The van der Waals surface area contributed by atoms with E-state index >= 15 is 0 Å². The van der Waals surface area contributed by atoms with Gasteiger partial charge < -0.3 is 0 Å². The first kappa shape index (κ1) is 23.8. The molecule has 1 heterocycles. The summed E-state index contributed by atoms with van der Waals surface area (Å²) in [6, 6.07) is 8.71. The van der Waals surface area contributed by atoms with Gasteiger partial charge in [0.25, 0.3) is 0 Å². The molecule has 2 fully saturated rings. The van der Waals surface area contributed by atoms with E-state index in [2.05, 4.69) is 9.62 Å². The van der Waals surface area contributed by atoms with E-state index in [0.29, 0.717) is 18.4 Å². The third-order valence-corrected chi connectivity index (χ3v) is 8.80. The highest BCUT2D eigenvalue weighted by Crippen LogP contribution is 2.42. The van der Waals surface area contributed by atoms with E-state index in [9.17, 15) is 26.0 Å². The maximum absolute atomic E-state index is 14.9. The third-order valence-electron chi connectivity index (χ3n) is 7.31. The van der Waals surface area contributed by atoms with Crippen LogP contribution in [0.1, 0.15) is 53.0 Å². The van der Waals surface area contributed by atoms with Crippen LogP contribution in [0.3, 0.4) is 0 Å². The van der Waals surface area contributed by atoms with E-state index in [4.69, 9.17) is 0 Å². The third kappa shape index (κ3) is 5.16. The summed E-state index contributed by atoms with van der Waals surface area (Å²) in [5.41, 5.74) is 1.96. The zero-order valence-electron chi connectivity index (χ0n) is 18.7. The summed E-state index contributed by atoms with van der Waals surface area (Å²) in [4.78, 5) is 2.31. The van der Waals surface area contributed by atoms with E-state index in [1.807, 2.05) is 0 Å². The molecule has 4 nitrogen and oxygen atoms in total. The van der Waals surface area contributed by atoms with E-state index in [1.54, 1.807) is 12.1 Å². The molecule has 1 aliphatic heterocycles. The highest BCUT2D eigenvalue weighted by atomic mass is 32.2. The minimum Gasteiger partial charge on any atom is -0.299 e. The molecule has 2 aromatic carbocycles. The molecule has 0 radical (unpaired) electrons. The van der Waals surface area contributed by atoms with E-state index < -0.39 is 27.6 Å². The Hall–Kier alpha value is -1.97. The van der Waals surface area contributed by atoms with Crippen LogP contribution in [0.25, 0.3) is 0 Å². The van der Waals surface area contributed by atoms with Gasteiger partial charge in [0.1, 0.15) is 5.82 Å². The molecule has 2 aromatic rings. The van der Waals surface area contributed by atoms with Crippen LogP contribution < -0.4 is 4.72 Å². The molecule has 2 unspecified atom stereocenters. The van der Waals surface area contributed by atoms with E-state index in [0.717, 1.165) is 49.5 Å². The summed E-state index contributed by atoms with van der Waals surface area (Å²) in [6.07, 6.45) is -0.466. The van der Waals surface area contributed by atoms with E-state index in [1.165, 1.54) is 18.2 Å². The molecule has 34 heavy (non-hydrogen) atoms. The Morgan fingerprint density at radius 3 is 2.50 bits per heavy atom. The molecule has 2 aliphatic carbocycles. The molecular formula is C25H28F4N2O2S. The average Bonchev–Trinajstić information content (AvgIpc) is 3.46. The molecule has 1 N–H and O–H groups in total. The van der Waals surface area contributed by atoms with Crippen molar-refractivity contribution in [3.8, 4) is 0 Å². The van der Waals surface area contributed by atoms with Gasteiger partial charge in [0.15, 0.2) is 0 Å². The van der Waals surface area contributed by atoms with Gasteiger partial charge in [0.2, 0.25) is 10.0 Å². The molecule has 0 amide bonds. The van der Waals surface area contributed by atoms with Crippen molar-refractivity contribution in [2.75, 3.05) is 18.8 Å². The van der Waals surface area contributed by atoms with Crippen LogP contribution in [0, 0.1) is 11.7 Å². The number of halogens is 4. The van der Waals surface area contributed by atoms with E-state index in [-0.39, 0.29) is 35.7 Å². The van der Waals surface area contributed by atoms with Crippen molar-refractivity contribution in [2.45, 2.75) is 56.8 Å². The summed E-state index contributed by atoms with van der Waals surface area (Å²) < 4.78 is 81.7. The van der Waals surface area contributed by atoms with Crippen LogP contribution in [0.5, 0.6) is 0 Å². The number of alkyl halides is 3. The van der Waals surface area contributed by atoms with Gasteiger partial charge in [-0.25, -0.2) is 17.5 Å². The number of hydrogen-bond acceptors (Lipinski definition) is 3. The summed E-state index contributed by atoms with van der Waals surface area (Å²) >= 11 is 0. The van der Waals surface area contributed by atoms with Gasteiger partial charge in [-0.05, 0) is 79.9 Å².